The number of primary amides is 1. The maximum atomic E-state index is 11.1. The highest BCUT2D eigenvalue weighted by molar-refractivity contribution is 5.75. The van der Waals surface area contributed by atoms with Gasteiger partial charge in [-0.05, 0) is 50.5 Å². The number of aryl methyl sites for hydroxylation is 1. The summed E-state index contributed by atoms with van der Waals surface area (Å²) in [6, 6.07) is 8.44. The molecule has 0 saturated carbocycles. The van der Waals surface area contributed by atoms with E-state index in [-0.39, 0.29) is 6.42 Å². The van der Waals surface area contributed by atoms with Gasteiger partial charge in [0.1, 0.15) is 0 Å². The molecule has 6 nitrogen and oxygen atoms in total. The summed E-state index contributed by atoms with van der Waals surface area (Å²) in [4.78, 5) is 18.0. The Morgan fingerprint density at radius 2 is 1.87 bits per heavy atom. The first-order valence-electron chi connectivity index (χ1n) is 8.25. The van der Waals surface area contributed by atoms with E-state index in [4.69, 9.17) is 5.73 Å². The van der Waals surface area contributed by atoms with Crippen molar-refractivity contribution in [2.45, 2.75) is 39.2 Å². The molecule has 1 aliphatic heterocycles. The Hall–Kier alpha value is -2.37. The number of carbonyl (C=O) groups is 1. The fourth-order valence-electron chi connectivity index (χ4n) is 3.03. The second kappa shape index (κ2) is 6.81. The largest absolute Gasteiger partial charge is 0.372 e. The number of hydrogen-bond acceptors (Lipinski definition) is 4. The van der Waals surface area contributed by atoms with Crippen LogP contribution in [0.15, 0.2) is 24.3 Å². The number of aromatic nitrogens is 3. The Bertz CT molecular complexity index is 671. The van der Waals surface area contributed by atoms with E-state index in [1.54, 1.807) is 0 Å². The van der Waals surface area contributed by atoms with Crippen LogP contribution in [0.25, 0.3) is 11.4 Å². The zero-order valence-electron chi connectivity index (χ0n) is 13.5. The molecule has 1 aromatic carbocycles. The number of piperidine rings is 1. The van der Waals surface area contributed by atoms with Crippen LogP contribution in [0.2, 0.25) is 0 Å². The van der Waals surface area contributed by atoms with Gasteiger partial charge in [0.25, 0.3) is 0 Å². The summed E-state index contributed by atoms with van der Waals surface area (Å²) in [5.74, 6) is 0.855. The van der Waals surface area contributed by atoms with Crippen LogP contribution in [-0.2, 0) is 17.8 Å². The van der Waals surface area contributed by atoms with E-state index in [1.165, 1.54) is 24.9 Å². The molecule has 1 saturated heterocycles. The van der Waals surface area contributed by atoms with Gasteiger partial charge < -0.3 is 10.6 Å². The minimum Gasteiger partial charge on any atom is -0.372 e. The molecule has 1 fully saturated rings. The van der Waals surface area contributed by atoms with E-state index < -0.39 is 5.91 Å². The number of hydrogen-bond donors (Lipinski definition) is 1. The van der Waals surface area contributed by atoms with Crippen molar-refractivity contribution in [1.29, 1.82) is 0 Å². The Morgan fingerprint density at radius 3 is 2.48 bits per heavy atom. The van der Waals surface area contributed by atoms with Crippen LogP contribution in [-0.4, -0.2) is 33.8 Å². The third-order valence-electron chi connectivity index (χ3n) is 4.19. The second-order valence-corrected chi connectivity index (χ2v) is 5.91. The zero-order chi connectivity index (χ0) is 16.2. The van der Waals surface area contributed by atoms with Gasteiger partial charge in [0.05, 0.1) is 6.42 Å². The average Bonchev–Trinajstić information content (AvgIpc) is 2.98. The first-order chi connectivity index (χ1) is 11.2. The quantitative estimate of drug-likeness (QED) is 0.915. The number of carbonyl (C=O) groups excluding carboxylic acids is 1. The van der Waals surface area contributed by atoms with Crippen LogP contribution in [0.4, 0.5) is 5.69 Å². The standard InChI is InChI=1S/C17H23N5O/c1-2-22-17(19-16(20-22)12-15(18)23)13-6-8-14(9-7-13)21-10-4-3-5-11-21/h6-9H,2-5,10-12H2,1H3,(H2,18,23). The van der Waals surface area contributed by atoms with Crippen LogP contribution in [0.1, 0.15) is 32.0 Å². The molecule has 2 aromatic rings. The van der Waals surface area contributed by atoms with E-state index in [9.17, 15) is 4.79 Å². The van der Waals surface area contributed by atoms with E-state index in [0.29, 0.717) is 12.4 Å². The van der Waals surface area contributed by atoms with Crippen molar-refractivity contribution < 1.29 is 4.79 Å². The molecule has 0 radical (unpaired) electrons. The lowest BCUT2D eigenvalue weighted by Gasteiger charge is -2.28. The Labute approximate surface area is 136 Å². The van der Waals surface area contributed by atoms with Crippen LogP contribution < -0.4 is 10.6 Å². The molecule has 122 valence electrons. The molecule has 2 heterocycles. The van der Waals surface area contributed by atoms with Crippen LogP contribution in [0, 0.1) is 0 Å². The first kappa shape index (κ1) is 15.5. The molecule has 0 spiro atoms. The number of amides is 1. The van der Waals surface area contributed by atoms with Gasteiger partial charge in [-0.25, -0.2) is 9.67 Å². The molecule has 1 amide bonds. The Morgan fingerprint density at radius 1 is 1.17 bits per heavy atom. The number of nitrogens with two attached hydrogens (primary N) is 1. The van der Waals surface area contributed by atoms with Gasteiger partial charge in [0, 0.05) is 30.9 Å². The summed E-state index contributed by atoms with van der Waals surface area (Å²) < 4.78 is 1.81. The van der Waals surface area contributed by atoms with Gasteiger partial charge in [-0.1, -0.05) is 0 Å². The van der Waals surface area contributed by atoms with Gasteiger partial charge in [0.15, 0.2) is 11.6 Å². The second-order valence-electron chi connectivity index (χ2n) is 5.91. The van der Waals surface area contributed by atoms with E-state index in [0.717, 1.165) is 24.5 Å². The van der Waals surface area contributed by atoms with Crippen molar-refractivity contribution in [2.24, 2.45) is 5.73 Å². The van der Waals surface area contributed by atoms with Gasteiger partial charge in [-0.2, -0.15) is 5.10 Å². The molecule has 0 bridgehead atoms. The highest BCUT2D eigenvalue weighted by Gasteiger charge is 2.14. The average molecular weight is 313 g/mol. The molecular weight excluding hydrogens is 290 g/mol. The van der Waals surface area contributed by atoms with Crippen LogP contribution in [0.3, 0.4) is 0 Å². The third-order valence-corrected chi connectivity index (χ3v) is 4.19. The third kappa shape index (κ3) is 3.52. The highest BCUT2D eigenvalue weighted by Crippen LogP contribution is 2.24. The lowest BCUT2D eigenvalue weighted by molar-refractivity contribution is -0.117. The van der Waals surface area contributed by atoms with Crippen molar-refractivity contribution >= 4 is 11.6 Å². The smallest absolute Gasteiger partial charge is 0.225 e. The molecule has 6 heteroatoms. The van der Waals surface area contributed by atoms with Gasteiger partial charge in [-0.15, -0.1) is 0 Å². The van der Waals surface area contributed by atoms with Gasteiger partial charge in [-0.3, -0.25) is 4.79 Å². The molecule has 23 heavy (non-hydrogen) atoms. The summed E-state index contributed by atoms with van der Waals surface area (Å²) in [5.41, 5.74) is 7.50. The fourth-order valence-corrected chi connectivity index (χ4v) is 3.03. The first-order valence-corrected chi connectivity index (χ1v) is 8.25. The summed E-state index contributed by atoms with van der Waals surface area (Å²) in [6.45, 7) is 4.98. The maximum absolute atomic E-state index is 11.1. The Balaban J connectivity index is 1.83. The van der Waals surface area contributed by atoms with Crippen LogP contribution >= 0.6 is 0 Å². The molecule has 0 aliphatic carbocycles. The predicted octanol–water partition coefficient (Wildman–Crippen LogP) is 1.98. The molecule has 3 rings (SSSR count). The lowest BCUT2D eigenvalue weighted by atomic mass is 10.1. The number of nitrogens with zero attached hydrogens (tertiary/aromatic N) is 4. The highest BCUT2D eigenvalue weighted by atomic mass is 16.1. The number of rotatable bonds is 5. The molecule has 2 N–H and O–H groups in total. The SMILES string of the molecule is CCn1nc(CC(N)=O)nc1-c1ccc(N2CCCCC2)cc1. The van der Waals surface area contributed by atoms with Crippen molar-refractivity contribution in [3.05, 3.63) is 30.1 Å². The van der Waals surface area contributed by atoms with Crippen molar-refractivity contribution in [3.8, 4) is 11.4 Å². The van der Waals surface area contributed by atoms with Crippen LogP contribution in [0.5, 0.6) is 0 Å². The summed E-state index contributed by atoms with van der Waals surface area (Å²) in [7, 11) is 0. The van der Waals surface area contributed by atoms with Gasteiger partial charge >= 0.3 is 0 Å². The predicted molar refractivity (Wildman–Crippen MR) is 90.1 cm³/mol. The van der Waals surface area contributed by atoms with E-state index in [2.05, 4.69) is 39.2 Å². The molecule has 0 atom stereocenters. The zero-order valence-corrected chi connectivity index (χ0v) is 13.5. The minimum atomic E-state index is -0.412. The number of benzene rings is 1. The Kier molecular flexibility index (Phi) is 4.60. The van der Waals surface area contributed by atoms with E-state index in [1.807, 2.05) is 11.6 Å². The van der Waals surface area contributed by atoms with Gasteiger partial charge in [0.2, 0.25) is 5.91 Å². The monoisotopic (exact) mass is 313 g/mol. The summed E-state index contributed by atoms with van der Waals surface area (Å²) >= 11 is 0. The normalized spacial score (nSPS) is 14.9. The molecule has 1 aliphatic rings. The lowest BCUT2D eigenvalue weighted by Crippen LogP contribution is -2.29. The molecule has 1 aromatic heterocycles. The summed E-state index contributed by atoms with van der Waals surface area (Å²) in [5, 5.41) is 4.35. The van der Waals surface area contributed by atoms with E-state index >= 15 is 0 Å². The molecular formula is C17H23N5O. The van der Waals surface area contributed by atoms with Crippen molar-refractivity contribution in [3.63, 3.8) is 0 Å². The summed E-state index contributed by atoms with van der Waals surface area (Å²) in [6.07, 6.45) is 3.94. The number of anilines is 1. The molecule has 0 unspecified atom stereocenters. The topological polar surface area (TPSA) is 77.0 Å². The van der Waals surface area contributed by atoms with Crippen molar-refractivity contribution in [2.75, 3.05) is 18.0 Å². The fraction of sp³-hybridized carbons (Fsp3) is 0.471. The van der Waals surface area contributed by atoms with Crippen molar-refractivity contribution in [1.82, 2.24) is 14.8 Å². The maximum Gasteiger partial charge on any atom is 0.225 e. The minimum absolute atomic E-state index is 0.0753.